The van der Waals surface area contributed by atoms with Crippen molar-refractivity contribution in [2.75, 3.05) is 13.1 Å². The van der Waals surface area contributed by atoms with Gasteiger partial charge >= 0.3 is 0 Å². The van der Waals surface area contributed by atoms with Gasteiger partial charge in [0.2, 0.25) is 5.91 Å². The van der Waals surface area contributed by atoms with Crippen LogP contribution >= 0.6 is 11.6 Å². The van der Waals surface area contributed by atoms with E-state index >= 15 is 0 Å². The largest absolute Gasteiger partial charge is 0.349 e. The van der Waals surface area contributed by atoms with Gasteiger partial charge in [0.05, 0.1) is 6.04 Å². The number of rotatable bonds is 5. The lowest BCUT2D eigenvalue weighted by Gasteiger charge is -2.42. The molecule has 1 saturated heterocycles. The molecule has 3 aromatic rings. The number of piperidine rings is 1. The minimum absolute atomic E-state index is 0.00258. The highest BCUT2D eigenvalue weighted by Gasteiger charge is 2.42. The Balaban J connectivity index is 1.62. The van der Waals surface area contributed by atoms with Crippen LogP contribution in [0.4, 0.5) is 4.39 Å². The Hall–Kier alpha value is -2.43. The first kappa shape index (κ1) is 21.8. The molecule has 0 aliphatic carbocycles. The monoisotopic (exact) mass is 438 g/mol. The van der Waals surface area contributed by atoms with Crippen LogP contribution in [0.1, 0.15) is 43.9 Å². The molecule has 1 aliphatic rings. The summed E-state index contributed by atoms with van der Waals surface area (Å²) in [4.78, 5) is 13.5. The molecular formula is C26H28ClFN2O. The summed E-state index contributed by atoms with van der Waals surface area (Å²) in [6.45, 7) is 5.66. The Morgan fingerprint density at radius 1 is 1.06 bits per heavy atom. The van der Waals surface area contributed by atoms with Gasteiger partial charge in [-0.15, -0.1) is 0 Å². The SMILES string of the molecule is CC(NC(=O)C(C)C1(c2ccc(F)cc2)CCNCC1)c1cc(Cl)cc2ccccc12. The zero-order valence-electron chi connectivity index (χ0n) is 17.9. The highest BCUT2D eigenvalue weighted by Crippen LogP contribution is 2.41. The predicted octanol–water partition coefficient (Wildman–Crippen LogP) is 5.77. The molecule has 1 aliphatic heterocycles. The number of hydrogen-bond acceptors (Lipinski definition) is 2. The smallest absolute Gasteiger partial charge is 0.224 e. The average molecular weight is 439 g/mol. The van der Waals surface area contributed by atoms with E-state index in [1.54, 1.807) is 0 Å². The second-order valence-electron chi connectivity index (χ2n) is 8.58. The number of carbonyl (C=O) groups excluding carboxylic acids is 1. The zero-order chi connectivity index (χ0) is 22.0. The number of halogens is 2. The molecule has 3 aromatic carbocycles. The lowest BCUT2D eigenvalue weighted by atomic mass is 9.65. The molecule has 0 bridgehead atoms. The molecule has 2 N–H and O–H groups in total. The maximum Gasteiger partial charge on any atom is 0.224 e. The van der Waals surface area contributed by atoms with Crippen molar-refractivity contribution in [2.45, 2.75) is 38.1 Å². The van der Waals surface area contributed by atoms with Gasteiger partial charge in [-0.2, -0.15) is 0 Å². The molecule has 2 unspecified atom stereocenters. The molecule has 162 valence electrons. The third kappa shape index (κ3) is 4.32. The summed E-state index contributed by atoms with van der Waals surface area (Å²) in [6, 6.07) is 18.4. The van der Waals surface area contributed by atoms with E-state index in [1.807, 2.05) is 56.3 Å². The molecule has 0 aromatic heterocycles. The van der Waals surface area contributed by atoms with Gasteiger partial charge in [-0.3, -0.25) is 4.79 Å². The van der Waals surface area contributed by atoms with E-state index in [1.165, 1.54) is 12.1 Å². The minimum Gasteiger partial charge on any atom is -0.349 e. The van der Waals surface area contributed by atoms with Gasteiger partial charge in [-0.25, -0.2) is 4.39 Å². The van der Waals surface area contributed by atoms with Crippen molar-refractivity contribution in [2.24, 2.45) is 5.92 Å². The highest BCUT2D eigenvalue weighted by atomic mass is 35.5. The molecule has 0 saturated carbocycles. The molecule has 0 spiro atoms. The molecule has 1 amide bonds. The van der Waals surface area contributed by atoms with Gasteiger partial charge < -0.3 is 10.6 Å². The van der Waals surface area contributed by atoms with Crippen molar-refractivity contribution in [3.8, 4) is 0 Å². The maximum absolute atomic E-state index is 13.6. The van der Waals surface area contributed by atoms with Gasteiger partial charge in [0.1, 0.15) is 5.82 Å². The van der Waals surface area contributed by atoms with Gasteiger partial charge in [0.15, 0.2) is 0 Å². The third-order valence-corrected chi connectivity index (χ3v) is 7.04. The first-order chi connectivity index (χ1) is 14.9. The quantitative estimate of drug-likeness (QED) is 0.531. The average Bonchev–Trinajstić information content (AvgIpc) is 2.78. The van der Waals surface area contributed by atoms with Gasteiger partial charge in [-0.05, 0) is 79.0 Å². The van der Waals surface area contributed by atoms with Crippen LogP contribution in [0.3, 0.4) is 0 Å². The number of benzene rings is 3. The molecule has 31 heavy (non-hydrogen) atoms. The Morgan fingerprint density at radius 3 is 2.45 bits per heavy atom. The third-order valence-electron chi connectivity index (χ3n) is 6.82. The molecular weight excluding hydrogens is 411 g/mol. The lowest BCUT2D eigenvalue weighted by molar-refractivity contribution is -0.127. The first-order valence-electron chi connectivity index (χ1n) is 10.9. The Labute approximate surface area is 188 Å². The maximum atomic E-state index is 13.6. The fraction of sp³-hybridized carbons (Fsp3) is 0.346. The summed E-state index contributed by atoms with van der Waals surface area (Å²) in [5.74, 6) is -0.512. The molecule has 0 radical (unpaired) electrons. The van der Waals surface area contributed by atoms with Gasteiger partial charge in [0, 0.05) is 16.4 Å². The van der Waals surface area contributed by atoms with Crippen LogP contribution in [-0.2, 0) is 10.2 Å². The molecule has 1 fully saturated rings. The van der Waals surface area contributed by atoms with Crippen LogP contribution in [0.2, 0.25) is 5.02 Å². The summed E-state index contributed by atoms with van der Waals surface area (Å²) in [5, 5.41) is 9.41. The van der Waals surface area contributed by atoms with Gasteiger partial charge in [0.25, 0.3) is 0 Å². The van der Waals surface area contributed by atoms with Crippen LogP contribution in [0.5, 0.6) is 0 Å². The number of nitrogens with one attached hydrogen (secondary N) is 2. The van der Waals surface area contributed by atoms with E-state index in [4.69, 9.17) is 11.6 Å². The van der Waals surface area contributed by atoms with Crippen molar-refractivity contribution < 1.29 is 9.18 Å². The second kappa shape index (κ2) is 8.97. The van der Waals surface area contributed by atoms with E-state index in [0.717, 1.165) is 47.8 Å². The number of amides is 1. The molecule has 3 nitrogen and oxygen atoms in total. The lowest BCUT2D eigenvalue weighted by Crippen LogP contribution is -2.49. The van der Waals surface area contributed by atoms with E-state index in [0.29, 0.717) is 5.02 Å². The summed E-state index contributed by atoms with van der Waals surface area (Å²) in [7, 11) is 0. The summed E-state index contributed by atoms with van der Waals surface area (Å²) in [6.07, 6.45) is 1.67. The number of carbonyl (C=O) groups is 1. The Bertz CT molecular complexity index is 1080. The van der Waals surface area contributed by atoms with Crippen molar-refractivity contribution >= 4 is 28.3 Å². The van der Waals surface area contributed by atoms with E-state index < -0.39 is 0 Å². The van der Waals surface area contributed by atoms with Crippen molar-refractivity contribution in [3.05, 3.63) is 82.6 Å². The normalized spacial score (nSPS) is 17.8. The fourth-order valence-electron chi connectivity index (χ4n) is 4.95. The molecule has 2 atom stereocenters. The Kier molecular flexibility index (Phi) is 6.31. The number of hydrogen-bond donors (Lipinski definition) is 2. The van der Waals surface area contributed by atoms with Crippen LogP contribution in [0.15, 0.2) is 60.7 Å². The minimum atomic E-state index is -0.320. The van der Waals surface area contributed by atoms with E-state index in [2.05, 4.69) is 16.7 Å². The number of fused-ring (bicyclic) bond motifs is 1. The predicted molar refractivity (Wildman–Crippen MR) is 125 cm³/mol. The van der Waals surface area contributed by atoms with Crippen molar-refractivity contribution in [1.29, 1.82) is 0 Å². The molecule has 5 heteroatoms. The molecule has 4 rings (SSSR count). The summed E-state index contributed by atoms with van der Waals surface area (Å²) >= 11 is 6.35. The summed E-state index contributed by atoms with van der Waals surface area (Å²) < 4.78 is 13.6. The van der Waals surface area contributed by atoms with E-state index in [-0.39, 0.29) is 29.1 Å². The standard InChI is InChI=1S/C26H28ClFN2O/c1-17(26(11-13-29-14-12-26)20-7-9-22(28)10-8-20)25(31)30-18(2)24-16-21(27)15-19-5-3-4-6-23(19)24/h3-10,15-18,29H,11-14H2,1-2H3,(H,30,31). The van der Waals surface area contributed by atoms with Crippen LogP contribution < -0.4 is 10.6 Å². The van der Waals surface area contributed by atoms with Crippen molar-refractivity contribution in [3.63, 3.8) is 0 Å². The Morgan fingerprint density at radius 2 is 1.74 bits per heavy atom. The second-order valence-corrected chi connectivity index (χ2v) is 9.02. The van der Waals surface area contributed by atoms with E-state index in [9.17, 15) is 9.18 Å². The molecule has 1 heterocycles. The van der Waals surface area contributed by atoms with Gasteiger partial charge in [-0.1, -0.05) is 54.9 Å². The van der Waals surface area contributed by atoms with Crippen LogP contribution in [0, 0.1) is 11.7 Å². The zero-order valence-corrected chi connectivity index (χ0v) is 18.7. The van der Waals surface area contributed by atoms with Crippen LogP contribution in [0.25, 0.3) is 10.8 Å². The highest BCUT2D eigenvalue weighted by molar-refractivity contribution is 6.31. The van der Waals surface area contributed by atoms with Crippen molar-refractivity contribution in [1.82, 2.24) is 10.6 Å². The van der Waals surface area contributed by atoms with Crippen LogP contribution in [-0.4, -0.2) is 19.0 Å². The summed E-state index contributed by atoms with van der Waals surface area (Å²) in [5.41, 5.74) is 1.71. The fourth-order valence-corrected chi connectivity index (χ4v) is 5.19. The first-order valence-corrected chi connectivity index (χ1v) is 11.2. The topological polar surface area (TPSA) is 41.1 Å².